The summed E-state index contributed by atoms with van der Waals surface area (Å²) in [5, 5.41) is 0.604. The summed E-state index contributed by atoms with van der Waals surface area (Å²) >= 11 is 6.18. The van der Waals surface area contributed by atoms with Gasteiger partial charge in [-0.15, -0.1) is 0 Å². The number of rotatable bonds is 6. The van der Waals surface area contributed by atoms with E-state index < -0.39 is 0 Å². The first-order valence-corrected chi connectivity index (χ1v) is 11.2. The van der Waals surface area contributed by atoms with Crippen LogP contribution in [0.5, 0.6) is 0 Å². The molecule has 0 aliphatic heterocycles. The van der Waals surface area contributed by atoms with E-state index in [0.29, 0.717) is 17.1 Å². The first kappa shape index (κ1) is 20.7. The number of nitrogens with zero attached hydrogens (tertiary/aromatic N) is 2. The average Bonchev–Trinajstić information content (AvgIpc) is 3.19. The fraction of sp³-hybridized carbons (Fsp3) is 0.346. The first-order chi connectivity index (χ1) is 14.6. The van der Waals surface area contributed by atoms with Crippen molar-refractivity contribution in [3.63, 3.8) is 0 Å². The van der Waals surface area contributed by atoms with Gasteiger partial charge in [-0.25, -0.2) is 0 Å². The maximum atomic E-state index is 13.5. The van der Waals surface area contributed by atoms with Gasteiger partial charge in [0.25, 0.3) is 5.91 Å². The number of aryl methyl sites for hydroxylation is 1. The van der Waals surface area contributed by atoms with Crippen molar-refractivity contribution in [2.45, 2.75) is 58.2 Å². The summed E-state index contributed by atoms with van der Waals surface area (Å²) in [6, 6.07) is 20.4. The van der Waals surface area contributed by atoms with Crippen molar-refractivity contribution >= 4 is 17.5 Å². The topological polar surface area (TPSA) is 25.2 Å². The number of halogens is 1. The Morgan fingerprint density at radius 3 is 2.60 bits per heavy atom. The largest absolute Gasteiger partial charge is 0.345 e. The van der Waals surface area contributed by atoms with Crippen LogP contribution >= 0.6 is 11.6 Å². The number of benzene rings is 2. The fourth-order valence-corrected chi connectivity index (χ4v) is 4.67. The molecule has 1 heterocycles. The minimum Gasteiger partial charge on any atom is -0.345 e. The highest BCUT2D eigenvalue weighted by Crippen LogP contribution is 2.26. The first-order valence-electron chi connectivity index (χ1n) is 10.9. The molecular weight excluding hydrogens is 392 g/mol. The van der Waals surface area contributed by atoms with Crippen molar-refractivity contribution in [2.24, 2.45) is 0 Å². The lowest BCUT2D eigenvalue weighted by molar-refractivity contribution is 0.0608. The van der Waals surface area contributed by atoms with Crippen molar-refractivity contribution in [3.05, 3.63) is 94.3 Å². The summed E-state index contributed by atoms with van der Waals surface area (Å²) in [5.74, 6) is 0.0766. The van der Waals surface area contributed by atoms with E-state index in [2.05, 4.69) is 59.0 Å². The van der Waals surface area contributed by atoms with Crippen LogP contribution in [0.1, 0.15) is 59.3 Å². The minimum atomic E-state index is 0.0766. The quantitative estimate of drug-likeness (QED) is 0.448. The zero-order valence-electron chi connectivity index (χ0n) is 17.6. The zero-order chi connectivity index (χ0) is 20.9. The van der Waals surface area contributed by atoms with Gasteiger partial charge in [0.1, 0.15) is 0 Å². The Hall–Kier alpha value is -2.52. The Balaban J connectivity index is 1.59. The van der Waals surface area contributed by atoms with E-state index in [9.17, 15) is 4.79 Å². The van der Waals surface area contributed by atoms with Crippen molar-refractivity contribution in [1.82, 2.24) is 9.47 Å². The molecule has 156 valence electrons. The van der Waals surface area contributed by atoms with Crippen molar-refractivity contribution in [1.29, 1.82) is 0 Å². The maximum absolute atomic E-state index is 13.5. The summed E-state index contributed by atoms with van der Waals surface area (Å²) in [6.45, 7) is 3.55. The highest BCUT2D eigenvalue weighted by atomic mass is 35.5. The van der Waals surface area contributed by atoms with E-state index in [1.807, 2.05) is 18.2 Å². The molecule has 0 atom stereocenters. The minimum absolute atomic E-state index is 0.0766. The molecule has 0 N–H and O–H groups in total. The Morgan fingerprint density at radius 1 is 1.03 bits per heavy atom. The second kappa shape index (κ2) is 9.53. The standard InChI is InChI=1S/C26H29ClN2O/c1-20-8-5-9-21(16-20)18-28-15-7-14-25(28)19-29(24-12-3-2-4-13-24)26(30)22-10-6-11-23(27)17-22/h5-11,14-17,24H,2-4,12-13,18-19H2,1H3. The number of carbonyl (C=O) groups excluding carboxylic acids is 1. The SMILES string of the molecule is Cc1cccc(Cn2cccc2CN(C(=O)c2cccc(Cl)c2)C2CCCCC2)c1. The molecule has 0 unspecified atom stereocenters. The number of carbonyl (C=O) groups is 1. The average molecular weight is 421 g/mol. The van der Waals surface area contributed by atoms with E-state index in [-0.39, 0.29) is 11.9 Å². The molecule has 4 heteroatoms. The van der Waals surface area contributed by atoms with Gasteiger partial charge < -0.3 is 9.47 Å². The van der Waals surface area contributed by atoms with Gasteiger partial charge in [0.2, 0.25) is 0 Å². The smallest absolute Gasteiger partial charge is 0.254 e. The molecule has 0 bridgehead atoms. The normalized spacial score (nSPS) is 14.6. The van der Waals surface area contributed by atoms with Crippen LogP contribution < -0.4 is 0 Å². The van der Waals surface area contributed by atoms with Crippen LogP contribution in [-0.2, 0) is 13.1 Å². The Kier molecular flexibility index (Phi) is 6.59. The molecule has 0 spiro atoms. The molecule has 1 aromatic heterocycles. The predicted octanol–water partition coefficient (Wildman–Crippen LogP) is 6.47. The monoisotopic (exact) mass is 420 g/mol. The number of aromatic nitrogens is 1. The van der Waals surface area contributed by atoms with Crippen LogP contribution in [0.3, 0.4) is 0 Å². The third-order valence-corrected chi connectivity index (χ3v) is 6.27. The molecule has 0 radical (unpaired) electrons. The molecule has 3 aromatic rings. The van der Waals surface area contributed by atoms with Crippen LogP contribution in [0.4, 0.5) is 0 Å². The van der Waals surface area contributed by atoms with Crippen LogP contribution in [-0.4, -0.2) is 21.4 Å². The molecular formula is C26H29ClN2O. The lowest BCUT2D eigenvalue weighted by Crippen LogP contribution is -2.41. The van der Waals surface area contributed by atoms with Gasteiger partial charge in [-0.1, -0.05) is 66.8 Å². The van der Waals surface area contributed by atoms with Gasteiger partial charge in [0, 0.05) is 35.1 Å². The molecule has 1 aliphatic rings. The Bertz CT molecular complexity index is 1000. The number of amides is 1. The van der Waals surface area contributed by atoms with Gasteiger partial charge >= 0.3 is 0 Å². The molecule has 1 amide bonds. The molecule has 4 rings (SSSR count). The van der Waals surface area contributed by atoms with Gasteiger partial charge in [-0.2, -0.15) is 0 Å². The second-order valence-electron chi connectivity index (χ2n) is 8.35. The highest BCUT2D eigenvalue weighted by Gasteiger charge is 2.27. The Morgan fingerprint density at radius 2 is 1.83 bits per heavy atom. The molecule has 2 aromatic carbocycles. The zero-order valence-corrected chi connectivity index (χ0v) is 18.3. The number of hydrogen-bond acceptors (Lipinski definition) is 1. The van der Waals surface area contributed by atoms with E-state index in [0.717, 1.165) is 25.1 Å². The van der Waals surface area contributed by atoms with Crippen LogP contribution in [0.2, 0.25) is 5.02 Å². The molecule has 0 saturated heterocycles. The summed E-state index contributed by atoms with van der Waals surface area (Å²) < 4.78 is 2.26. The lowest BCUT2D eigenvalue weighted by atomic mass is 9.93. The highest BCUT2D eigenvalue weighted by molar-refractivity contribution is 6.30. The third kappa shape index (κ3) is 4.96. The van der Waals surface area contributed by atoms with Crippen molar-refractivity contribution in [2.75, 3.05) is 0 Å². The summed E-state index contributed by atoms with van der Waals surface area (Å²) in [4.78, 5) is 15.6. The number of hydrogen-bond donors (Lipinski definition) is 0. The van der Waals surface area contributed by atoms with Gasteiger partial charge in [0.05, 0.1) is 6.54 Å². The van der Waals surface area contributed by atoms with Crippen molar-refractivity contribution < 1.29 is 4.79 Å². The van der Waals surface area contributed by atoms with E-state index in [4.69, 9.17) is 11.6 Å². The fourth-order valence-electron chi connectivity index (χ4n) is 4.48. The summed E-state index contributed by atoms with van der Waals surface area (Å²) in [6.07, 6.45) is 7.90. The van der Waals surface area contributed by atoms with E-state index in [1.54, 1.807) is 6.07 Å². The predicted molar refractivity (Wildman–Crippen MR) is 123 cm³/mol. The Labute approximate surface area is 184 Å². The molecule has 3 nitrogen and oxygen atoms in total. The second-order valence-corrected chi connectivity index (χ2v) is 8.79. The molecule has 1 saturated carbocycles. The summed E-state index contributed by atoms with van der Waals surface area (Å²) in [7, 11) is 0. The van der Waals surface area contributed by atoms with Gasteiger partial charge in [0.15, 0.2) is 0 Å². The van der Waals surface area contributed by atoms with E-state index in [1.165, 1.54) is 30.4 Å². The third-order valence-electron chi connectivity index (χ3n) is 6.04. The van der Waals surface area contributed by atoms with Crippen LogP contribution in [0.25, 0.3) is 0 Å². The molecule has 30 heavy (non-hydrogen) atoms. The summed E-state index contributed by atoms with van der Waals surface area (Å²) in [5.41, 5.74) is 4.38. The van der Waals surface area contributed by atoms with Gasteiger partial charge in [-0.3, -0.25) is 4.79 Å². The van der Waals surface area contributed by atoms with Crippen molar-refractivity contribution in [3.8, 4) is 0 Å². The lowest BCUT2D eigenvalue weighted by Gasteiger charge is -2.35. The van der Waals surface area contributed by atoms with Gasteiger partial charge in [-0.05, 0) is 55.7 Å². The van der Waals surface area contributed by atoms with Crippen LogP contribution in [0, 0.1) is 6.92 Å². The van der Waals surface area contributed by atoms with Crippen LogP contribution in [0.15, 0.2) is 66.9 Å². The van der Waals surface area contributed by atoms with E-state index >= 15 is 0 Å². The molecule has 1 fully saturated rings. The maximum Gasteiger partial charge on any atom is 0.254 e. The molecule has 1 aliphatic carbocycles.